The Morgan fingerprint density at radius 3 is 2.83 bits per heavy atom. The molecular weight excluding hydrogens is 152 g/mol. The highest BCUT2D eigenvalue weighted by atomic mass is 16.1. The Morgan fingerprint density at radius 2 is 2.33 bits per heavy atom. The Bertz CT molecular complexity index is 159. The minimum atomic E-state index is 0.153. The van der Waals surface area contributed by atoms with Gasteiger partial charge in [-0.3, -0.25) is 4.79 Å². The second-order valence-corrected chi connectivity index (χ2v) is 3.52. The zero-order valence-corrected chi connectivity index (χ0v) is 7.68. The van der Waals surface area contributed by atoms with Gasteiger partial charge in [-0.25, -0.2) is 0 Å². The minimum Gasteiger partial charge on any atom is -0.352 e. The molecule has 1 fully saturated rings. The standard InChI is InChI=1S/C9H18N2O/c1-2-4-9(12)11-8-6-3-5-7(8)10/h7-8H,2-6,10H2,1H3,(H,11,12). The average molecular weight is 170 g/mol. The summed E-state index contributed by atoms with van der Waals surface area (Å²) in [6.07, 6.45) is 4.79. The van der Waals surface area contributed by atoms with Gasteiger partial charge < -0.3 is 11.1 Å². The van der Waals surface area contributed by atoms with E-state index in [2.05, 4.69) is 5.32 Å². The largest absolute Gasteiger partial charge is 0.352 e. The zero-order valence-electron chi connectivity index (χ0n) is 7.68. The molecule has 1 amide bonds. The van der Waals surface area contributed by atoms with E-state index in [9.17, 15) is 4.79 Å². The lowest BCUT2D eigenvalue weighted by Crippen LogP contribution is -2.43. The molecule has 0 aromatic heterocycles. The molecule has 0 saturated heterocycles. The first-order chi connectivity index (χ1) is 5.74. The Kier molecular flexibility index (Phi) is 3.53. The van der Waals surface area contributed by atoms with Crippen LogP contribution in [0, 0.1) is 0 Å². The molecule has 2 unspecified atom stereocenters. The Balaban J connectivity index is 2.25. The minimum absolute atomic E-state index is 0.153. The molecular formula is C9H18N2O. The van der Waals surface area contributed by atoms with E-state index in [1.54, 1.807) is 0 Å². The lowest BCUT2D eigenvalue weighted by atomic mass is 10.2. The molecule has 0 heterocycles. The summed E-state index contributed by atoms with van der Waals surface area (Å²) in [5, 5.41) is 2.97. The van der Waals surface area contributed by atoms with Gasteiger partial charge in [0.15, 0.2) is 0 Å². The fraction of sp³-hybridized carbons (Fsp3) is 0.889. The zero-order chi connectivity index (χ0) is 8.97. The quantitative estimate of drug-likeness (QED) is 0.657. The maximum Gasteiger partial charge on any atom is 0.220 e. The number of carbonyl (C=O) groups excluding carboxylic acids is 1. The Labute approximate surface area is 73.7 Å². The third-order valence-electron chi connectivity index (χ3n) is 2.39. The van der Waals surface area contributed by atoms with E-state index in [4.69, 9.17) is 5.73 Å². The number of hydrogen-bond donors (Lipinski definition) is 2. The first-order valence-corrected chi connectivity index (χ1v) is 4.79. The highest BCUT2D eigenvalue weighted by molar-refractivity contribution is 5.76. The predicted molar refractivity (Wildman–Crippen MR) is 48.7 cm³/mol. The first kappa shape index (κ1) is 9.52. The fourth-order valence-corrected chi connectivity index (χ4v) is 1.67. The lowest BCUT2D eigenvalue weighted by Gasteiger charge is -2.16. The molecule has 12 heavy (non-hydrogen) atoms. The van der Waals surface area contributed by atoms with E-state index in [1.807, 2.05) is 6.92 Å². The van der Waals surface area contributed by atoms with Crippen LogP contribution in [0.25, 0.3) is 0 Å². The molecule has 0 aromatic carbocycles. The van der Waals surface area contributed by atoms with Crippen LogP contribution in [0.15, 0.2) is 0 Å². The molecule has 0 radical (unpaired) electrons. The normalized spacial score (nSPS) is 28.8. The van der Waals surface area contributed by atoms with Gasteiger partial charge in [0.25, 0.3) is 0 Å². The van der Waals surface area contributed by atoms with Crippen molar-refractivity contribution in [3.63, 3.8) is 0 Å². The third-order valence-corrected chi connectivity index (χ3v) is 2.39. The maximum atomic E-state index is 11.2. The van der Waals surface area contributed by atoms with E-state index >= 15 is 0 Å². The summed E-state index contributed by atoms with van der Waals surface area (Å²) in [7, 11) is 0. The fourth-order valence-electron chi connectivity index (χ4n) is 1.67. The maximum absolute atomic E-state index is 11.2. The van der Waals surface area contributed by atoms with Crippen LogP contribution in [0.2, 0.25) is 0 Å². The van der Waals surface area contributed by atoms with Crippen molar-refractivity contribution in [2.75, 3.05) is 0 Å². The molecule has 2 atom stereocenters. The molecule has 1 aliphatic rings. The van der Waals surface area contributed by atoms with Gasteiger partial charge in [-0.1, -0.05) is 6.92 Å². The second kappa shape index (κ2) is 4.45. The molecule has 0 aliphatic heterocycles. The van der Waals surface area contributed by atoms with Gasteiger partial charge in [-0.2, -0.15) is 0 Å². The summed E-state index contributed by atoms with van der Waals surface area (Å²) in [4.78, 5) is 11.2. The molecule has 0 bridgehead atoms. The topological polar surface area (TPSA) is 55.1 Å². The summed E-state index contributed by atoms with van der Waals surface area (Å²) < 4.78 is 0. The third kappa shape index (κ3) is 2.48. The van der Waals surface area contributed by atoms with Crippen LogP contribution in [-0.2, 0) is 4.79 Å². The van der Waals surface area contributed by atoms with Crippen LogP contribution < -0.4 is 11.1 Å². The van der Waals surface area contributed by atoms with Gasteiger partial charge in [0.05, 0.1) is 0 Å². The highest BCUT2D eigenvalue weighted by Gasteiger charge is 2.24. The van der Waals surface area contributed by atoms with Gasteiger partial charge in [0.2, 0.25) is 5.91 Å². The van der Waals surface area contributed by atoms with Crippen LogP contribution in [0.5, 0.6) is 0 Å². The molecule has 1 aliphatic carbocycles. The van der Waals surface area contributed by atoms with Crippen molar-refractivity contribution in [2.24, 2.45) is 5.73 Å². The van der Waals surface area contributed by atoms with Crippen molar-refractivity contribution in [1.29, 1.82) is 0 Å². The molecule has 1 saturated carbocycles. The summed E-state index contributed by atoms with van der Waals surface area (Å²) in [6, 6.07) is 0.426. The van der Waals surface area contributed by atoms with E-state index < -0.39 is 0 Å². The van der Waals surface area contributed by atoms with Gasteiger partial charge >= 0.3 is 0 Å². The molecule has 3 nitrogen and oxygen atoms in total. The SMILES string of the molecule is CCCC(=O)NC1CCCC1N. The van der Waals surface area contributed by atoms with E-state index in [0.717, 1.165) is 25.7 Å². The van der Waals surface area contributed by atoms with Crippen molar-refractivity contribution in [3.05, 3.63) is 0 Å². The van der Waals surface area contributed by atoms with Gasteiger partial charge in [-0.15, -0.1) is 0 Å². The molecule has 1 rings (SSSR count). The van der Waals surface area contributed by atoms with E-state index in [0.29, 0.717) is 6.42 Å². The van der Waals surface area contributed by atoms with Crippen molar-refractivity contribution >= 4 is 5.91 Å². The van der Waals surface area contributed by atoms with Gasteiger partial charge in [-0.05, 0) is 25.7 Å². The number of rotatable bonds is 3. The predicted octanol–water partition coefficient (Wildman–Crippen LogP) is 0.782. The monoisotopic (exact) mass is 170 g/mol. The van der Waals surface area contributed by atoms with Crippen molar-refractivity contribution in [2.45, 2.75) is 51.1 Å². The van der Waals surface area contributed by atoms with Crippen LogP contribution in [0.3, 0.4) is 0 Å². The number of hydrogen-bond acceptors (Lipinski definition) is 2. The molecule has 3 N–H and O–H groups in total. The van der Waals surface area contributed by atoms with Crippen molar-refractivity contribution in [1.82, 2.24) is 5.32 Å². The molecule has 0 aromatic rings. The number of nitrogens with two attached hydrogens (primary N) is 1. The van der Waals surface area contributed by atoms with Crippen LogP contribution in [0.1, 0.15) is 39.0 Å². The first-order valence-electron chi connectivity index (χ1n) is 4.79. The van der Waals surface area contributed by atoms with Crippen LogP contribution in [-0.4, -0.2) is 18.0 Å². The number of amides is 1. The summed E-state index contributed by atoms with van der Waals surface area (Å²) in [6.45, 7) is 2.01. The summed E-state index contributed by atoms with van der Waals surface area (Å²) >= 11 is 0. The smallest absolute Gasteiger partial charge is 0.220 e. The van der Waals surface area contributed by atoms with Gasteiger partial charge in [0.1, 0.15) is 0 Å². The van der Waals surface area contributed by atoms with E-state index in [-0.39, 0.29) is 18.0 Å². The Hall–Kier alpha value is -0.570. The average Bonchev–Trinajstić information content (AvgIpc) is 2.37. The van der Waals surface area contributed by atoms with Crippen LogP contribution >= 0.6 is 0 Å². The summed E-state index contributed by atoms with van der Waals surface area (Å²) in [5.74, 6) is 0.153. The lowest BCUT2D eigenvalue weighted by molar-refractivity contribution is -0.121. The van der Waals surface area contributed by atoms with E-state index in [1.165, 1.54) is 0 Å². The second-order valence-electron chi connectivity index (χ2n) is 3.52. The molecule has 70 valence electrons. The van der Waals surface area contributed by atoms with Crippen molar-refractivity contribution in [3.8, 4) is 0 Å². The van der Waals surface area contributed by atoms with Gasteiger partial charge in [0, 0.05) is 18.5 Å². The van der Waals surface area contributed by atoms with Crippen LogP contribution in [0.4, 0.5) is 0 Å². The highest BCUT2D eigenvalue weighted by Crippen LogP contribution is 2.16. The van der Waals surface area contributed by atoms with Crippen molar-refractivity contribution < 1.29 is 4.79 Å². The Morgan fingerprint density at radius 1 is 1.58 bits per heavy atom. The number of nitrogens with one attached hydrogen (secondary N) is 1. The number of carbonyl (C=O) groups is 1. The summed E-state index contributed by atoms with van der Waals surface area (Å²) in [5.41, 5.74) is 5.81. The molecule has 3 heteroatoms. The molecule has 0 spiro atoms.